The van der Waals surface area contributed by atoms with Crippen LogP contribution in [0.25, 0.3) is 11.3 Å². The number of nitrogens with one attached hydrogen (secondary N) is 1. The number of aliphatic hydroxyl groups excluding tert-OH is 1. The molecule has 168 valence electrons. The maximum atomic E-state index is 13.2. The maximum absolute atomic E-state index is 13.2. The molecule has 4 N–H and O–H groups in total. The van der Waals surface area contributed by atoms with Crippen LogP contribution in [0.4, 0.5) is 0 Å². The number of aromatic hydroxyl groups is 2. The Morgan fingerprint density at radius 3 is 2.72 bits per heavy atom. The van der Waals surface area contributed by atoms with Gasteiger partial charge < -0.3 is 25.0 Å². The van der Waals surface area contributed by atoms with Crippen molar-refractivity contribution >= 4 is 17.5 Å². The molecule has 0 unspecified atom stereocenters. The van der Waals surface area contributed by atoms with Crippen LogP contribution in [-0.2, 0) is 0 Å². The zero-order chi connectivity index (χ0) is 23.0. The van der Waals surface area contributed by atoms with Gasteiger partial charge in [0.05, 0.1) is 12.6 Å². The predicted molar refractivity (Wildman–Crippen MR) is 119 cm³/mol. The minimum Gasteiger partial charge on any atom is -0.507 e. The molecule has 2 aromatic carbocycles. The summed E-state index contributed by atoms with van der Waals surface area (Å²) in [6, 6.07) is 7.56. The second-order valence-corrected chi connectivity index (χ2v) is 8.03. The van der Waals surface area contributed by atoms with E-state index in [0.717, 1.165) is 5.56 Å². The third-order valence-corrected chi connectivity index (χ3v) is 5.96. The molecular formula is C23H24ClN3O5. The number of aromatic nitrogens is 2. The highest BCUT2D eigenvalue weighted by molar-refractivity contribution is 6.31. The SMILES string of the molecule is CCOc1cc([C@H]2c3c(-c4cc(Cl)c(C)cc4O)n[nH]c3C(=O)N2CCCO)ccc1O. The zero-order valence-corrected chi connectivity index (χ0v) is 18.5. The van der Waals surface area contributed by atoms with Crippen LogP contribution in [0, 0.1) is 6.92 Å². The molecule has 0 aliphatic carbocycles. The third-order valence-electron chi connectivity index (χ3n) is 5.55. The van der Waals surface area contributed by atoms with E-state index in [1.807, 2.05) is 6.92 Å². The van der Waals surface area contributed by atoms with E-state index in [1.165, 1.54) is 6.07 Å². The van der Waals surface area contributed by atoms with Crippen LogP contribution in [-0.4, -0.2) is 56.1 Å². The number of carbonyl (C=O) groups is 1. The first-order valence-corrected chi connectivity index (χ1v) is 10.7. The molecular weight excluding hydrogens is 434 g/mol. The quantitative estimate of drug-likeness (QED) is 0.428. The van der Waals surface area contributed by atoms with Gasteiger partial charge in [0.15, 0.2) is 11.5 Å². The number of hydrogen-bond acceptors (Lipinski definition) is 6. The first kappa shape index (κ1) is 22.0. The van der Waals surface area contributed by atoms with E-state index >= 15 is 0 Å². The van der Waals surface area contributed by atoms with Crippen LogP contribution >= 0.6 is 11.6 Å². The van der Waals surface area contributed by atoms with Gasteiger partial charge in [-0.2, -0.15) is 5.10 Å². The Kier molecular flexibility index (Phi) is 5.99. The largest absolute Gasteiger partial charge is 0.507 e. The highest BCUT2D eigenvalue weighted by Crippen LogP contribution is 2.46. The maximum Gasteiger partial charge on any atom is 0.273 e. The van der Waals surface area contributed by atoms with Crippen molar-refractivity contribution in [3.05, 3.63) is 57.7 Å². The second kappa shape index (κ2) is 8.72. The van der Waals surface area contributed by atoms with E-state index in [1.54, 1.807) is 36.1 Å². The van der Waals surface area contributed by atoms with Gasteiger partial charge in [0.2, 0.25) is 0 Å². The number of ether oxygens (including phenoxy) is 1. The lowest BCUT2D eigenvalue weighted by Crippen LogP contribution is -2.31. The average molecular weight is 458 g/mol. The lowest BCUT2D eigenvalue weighted by atomic mass is 9.95. The molecule has 9 heteroatoms. The number of halogens is 1. The van der Waals surface area contributed by atoms with Crippen LogP contribution in [0.15, 0.2) is 30.3 Å². The van der Waals surface area contributed by atoms with Gasteiger partial charge >= 0.3 is 0 Å². The van der Waals surface area contributed by atoms with Crippen molar-refractivity contribution in [2.75, 3.05) is 19.8 Å². The van der Waals surface area contributed by atoms with Gasteiger partial charge in [0, 0.05) is 29.3 Å². The average Bonchev–Trinajstić information content (AvgIpc) is 3.30. The Morgan fingerprint density at radius 1 is 1.22 bits per heavy atom. The fourth-order valence-electron chi connectivity index (χ4n) is 4.05. The molecule has 8 nitrogen and oxygen atoms in total. The number of rotatable bonds is 7. The van der Waals surface area contributed by atoms with Crippen molar-refractivity contribution in [3.8, 4) is 28.5 Å². The number of phenols is 2. The minimum absolute atomic E-state index is 0.00178. The number of aryl methyl sites for hydroxylation is 1. The normalized spacial score (nSPS) is 15.3. The van der Waals surface area contributed by atoms with Crippen molar-refractivity contribution in [2.24, 2.45) is 0 Å². The molecule has 1 aliphatic heterocycles. The van der Waals surface area contributed by atoms with Gasteiger partial charge in [0.1, 0.15) is 17.1 Å². The van der Waals surface area contributed by atoms with Gasteiger partial charge in [-0.05, 0) is 55.7 Å². The summed E-state index contributed by atoms with van der Waals surface area (Å²) in [6.07, 6.45) is 0.396. The molecule has 1 aliphatic rings. The molecule has 4 rings (SSSR count). The number of amides is 1. The Bertz CT molecular complexity index is 1180. The van der Waals surface area contributed by atoms with Crippen LogP contribution in [0.2, 0.25) is 5.02 Å². The van der Waals surface area contributed by atoms with E-state index in [9.17, 15) is 20.1 Å². The summed E-state index contributed by atoms with van der Waals surface area (Å²) < 4.78 is 5.54. The van der Waals surface area contributed by atoms with E-state index in [2.05, 4.69) is 10.2 Å². The summed E-state index contributed by atoms with van der Waals surface area (Å²) in [4.78, 5) is 14.9. The molecule has 2 heterocycles. The lowest BCUT2D eigenvalue weighted by molar-refractivity contribution is 0.0732. The summed E-state index contributed by atoms with van der Waals surface area (Å²) >= 11 is 6.31. The number of fused-ring (bicyclic) bond motifs is 1. The number of carbonyl (C=O) groups excluding carboxylic acids is 1. The van der Waals surface area contributed by atoms with Gasteiger partial charge in [-0.1, -0.05) is 17.7 Å². The number of aromatic amines is 1. The van der Waals surface area contributed by atoms with Crippen LogP contribution in [0.3, 0.4) is 0 Å². The first-order valence-electron chi connectivity index (χ1n) is 10.3. The Hall–Kier alpha value is -3.23. The molecule has 0 spiro atoms. The van der Waals surface area contributed by atoms with Crippen molar-refractivity contribution in [3.63, 3.8) is 0 Å². The van der Waals surface area contributed by atoms with Crippen LogP contribution < -0.4 is 4.74 Å². The summed E-state index contributed by atoms with van der Waals surface area (Å²) in [7, 11) is 0. The van der Waals surface area contributed by atoms with Gasteiger partial charge in [-0.15, -0.1) is 0 Å². The highest BCUT2D eigenvalue weighted by atomic mass is 35.5. The summed E-state index contributed by atoms with van der Waals surface area (Å²) in [5, 5.41) is 37.7. The fourth-order valence-corrected chi connectivity index (χ4v) is 4.21. The molecule has 1 atom stereocenters. The number of benzene rings is 2. The third kappa shape index (κ3) is 3.65. The highest BCUT2D eigenvalue weighted by Gasteiger charge is 2.42. The Morgan fingerprint density at radius 2 is 2.00 bits per heavy atom. The Balaban J connectivity index is 1.90. The van der Waals surface area contributed by atoms with Crippen LogP contribution in [0.5, 0.6) is 17.2 Å². The summed E-state index contributed by atoms with van der Waals surface area (Å²) in [5.74, 6) is 0.0413. The number of nitrogens with zero attached hydrogens (tertiary/aromatic N) is 2. The van der Waals surface area contributed by atoms with E-state index < -0.39 is 6.04 Å². The van der Waals surface area contributed by atoms with E-state index in [4.69, 9.17) is 16.3 Å². The Labute approximate surface area is 190 Å². The lowest BCUT2D eigenvalue weighted by Gasteiger charge is -2.26. The molecule has 0 fully saturated rings. The zero-order valence-electron chi connectivity index (χ0n) is 17.7. The van der Waals surface area contributed by atoms with Crippen molar-refractivity contribution in [1.82, 2.24) is 15.1 Å². The minimum atomic E-state index is -0.558. The second-order valence-electron chi connectivity index (χ2n) is 7.62. The molecule has 0 saturated heterocycles. The van der Waals surface area contributed by atoms with Gasteiger partial charge in [-0.25, -0.2) is 0 Å². The fraction of sp³-hybridized carbons (Fsp3) is 0.304. The molecule has 0 radical (unpaired) electrons. The van der Waals surface area contributed by atoms with Gasteiger partial charge in [-0.3, -0.25) is 9.89 Å². The molecule has 1 aromatic heterocycles. The molecule has 1 amide bonds. The monoisotopic (exact) mass is 457 g/mol. The number of aliphatic hydroxyl groups is 1. The van der Waals surface area contributed by atoms with Crippen molar-refractivity contribution < 1.29 is 24.9 Å². The summed E-state index contributed by atoms with van der Waals surface area (Å²) in [6.45, 7) is 4.22. The van der Waals surface area contributed by atoms with Crippen molar-refractivity contribution in [1.29, 1.82) is 0 Å². The molecule has 3 aromatic rings. The first-order chi connectivity index (χ1) is 15.4. The number of phenolic OH excluding ortho intramolecular Hbond substituents is 2. The number of hydrogen-bond donors (Lipinski definition) is 4. The summed E-state index contributed by atoms with van der Waals surface area (Å²) in [5.41, 5.74) is 3.15. The van der Waals surface area contributed by atoms with E-state index in [-0.39, 0.29) is 24.0 Å². The topological polar surface area (TPSA) is 119 Å². The smallest absolute Gasteiger partial charge is 0.273 e. The van der Waals surface area contributed by atoms with Crippen LogP contribution in [0.1, 0.15) is 46.6 Å². The van der Waals surface area contributed by atoms with E-state index in [0.29, 0.717) is 58.4 Å². The predicted octanol–water partition coefficient (Wildman–Crippen LogP) is 3.78. The number of H-pyrrole nitrogens is 1. The molecule has 0 saturated carbocycles. The molecule has 0 bridgehead atoms. The van der Waals surface area contributed by atoms with Gasteiger partial charge in [0.25, 0.3) is 5.91 Å². The molecule has 32 heavy (non-hydrogen) atoms. The van der Waals surface area contributed by atoms with Crippen molar-refractivity contribution in [2.45, 2.75) is 26.3 Å². The standard InChI is InChI=1S/C23H24ClN3O5/c1-3-32-18-10-13(5-6-16(18)29)22-19-20(14-11-15(24)12(2)9-17(14)30)25-26-21(19)23(31)27(22)7-4-8-28/h5-6,9-11,22,28-30H,3-4,7-8H2,1-2H3,(H,25,26)/t22-/m0/s1.